The smallest absolute Gasteiger partial charge is 0.134 e. The summed E-state index contributed by atoms with van der Waals surface area (Å²) >= 11 is 0. The van der Waals surface area contributed by atoms with Crippen LogP contribution in [0.25, 0.3) is 11.0 Å². The van der Waals surface area contributed by atoms with Crippen LogP contribution in [0.4, 0.5) is 0 Å². The second-order valence-electron chi connectivity index (χ2n) is 5.02. The molecule has 3 aromatic rings. The fraction of sp³-hybridized carbons (Fsp3) is 0.312. The minimum Gasteiger partial charge on any atom is -0.459 e. The number of nitrogens with zero attached hydrogens (tertiary/aromatic N) is 2. The van der Waals surface area contributed by atoms with Crippen LogP contribution in [0.2, 0.25) is 0 Å². The second kappa shape index (κ2) is 5.51. The highest BCUT2D eigenvalue weighted by molar-refractivity contribution is 5.77. The molecule has 1 N–H and O–H groups in total. The van der Waals surface area contributed by atoms with Crippen molar-refractivity contribution >= 4 is 11.0 Å². The van der Waals surface area contributed by atoms with E-state index in [4.69, 9.17) is 4.42 Å². The molecule has 1 unspecified atom stereocenters. The van der Waals surface area contributed by atoms with Gasteiger partial charge in [-0.25, -0.2) is 4.98 Å². The standard InChI is InChI=1S/C16H19N3O/c1-17-13(7-8-16-18-9-10-19(16)2)15-11-12-5-3-4-6-14(12)20-15/h3-6,9-11,13,17H,7-8H2,1-2H3. The summed E-state index contributed by atoms with van der Waals surface area (Å²) in [5.74, 6) is 2.09. The van der Waals surface area contributed by atoms with Gasteiger partial charge in [-0.1, -0.05) is 18.2 Å². The Morgan fingerprint density at radius 2 is 2.20 bits per heavy atom. The van der Waals surface area contributed by atoms with Crippen LogP contribution in [0, 0.1) is 0 Å². The van der Waals surface area contributed by atoms with Gasteiger partial charge < -0.3 is 14.3 Å². The third-order valence-electron chi connectivity index (χ3n) is 3.71. The van der Waals surface area contributed by atoms with Gasteiger partial charge in [-0.05, 0) is 25.6 Å². The van der Waals surface area contributed by atoms with Crippen LogP contribution >= 0.6 is 0 Å². The number of aryl methyl sites for hydroxylation is 2. The highest BCUT2D eigenvalue weighted by Gasteiger charge is 2.15. The number of nitrogens with one attached hydrogen (secondary N) is 1. The van der Waals surface area contributed by atoms with Crippen LogP contribution < -0.4 is 5.32 Å². The molecule has 4 heteroatoms. The summed E-state index contributed by atoms with van der Waals surface area (Å²) in [6.07, 6.45) is 5.70. The van der Waals surface area contributed by atoms with Crippen LogP contribution in [0.5, 0.6) is 0 Å². The molecule has 0 bridgehead atoms. The average Bonchev–Trinajstić information content (AvgIpc) is 3.06. The molecular weight excluding hydrogens is 250 g/mol. The monoisotopic (exact) mass is 269 g/mol. The summed E-state index contributed by atoms with van der Waals surface area (Å²) in [6, 6.07) is 10.4. The van der Waals surface area contributed by atoms with E-state index >= 15 is 0 Å². The molecule has 0 radical (unpaired) electrons. The third-order valence-corrected chi connectivity index (χ3v) is 3.71. The molecule has 0 aliphatic heterocycles. The lowest BCUT2D eigenvalue weighted by atomic mass is 10.1. The van der Waals surface area contributed by atoms with Crippen molar-refractivity contribution in [1.82, 2.24) is 14.9 Å². The lowest BCUT2D eigenvalue weighted by molar-refractivity contribution is 0.429. The molecular formula is C16H19N3O. The molecule has 0 spiro atoms. The van der Waals surface area contributed by atoms with Gasteiger partial charge in [0.15, 0.2) is 0 Å². The lowest BCUT2D eigenvalue weighted by Gasteiger charge is -2.13. The number of para-hydroxylation sites is 1. The molecule has 0 aliphatic carbocycles. The van der Waals surface area contributed by atoms with Gasteiger partial charge in [-0.3, -0.25) is 0 Å². The molecule has 20 heavy (non-hydrogen) atoms. The van der Waals surface area contributed by atoms with Crippen molar-refractivity contribution in [3.8, 4) is 0 Å². The Morgan fingerprint density at radius 1 is 1.35 bits per heavy atom. The Hall–Kier alpha value is -2.07. The van der Waals surface area contributed by atoms with E-state index in [0.29, 0.717) is 0 Å². The van der Waals surface area contributed by atoms with Crippen LogP contribution in [-0.4, -0.2) is 16.6 Å². The number of imidazole rings is 1. The molecule has 2 aromatic heterocycles. The van der Waals surface area contributed by atoms with Crippen LogP contribution in [0.15, 0.2) is 47.1 Å². The first-order valence-corrected chi connectivity index (χ1v) is 6.90. The van der Waals surface area contributed by atoms with Gasteiger partial charge in [-0.2, -0.15) is 0 Å². The Kier molecular flexibility index (Phi) is 3.56. The molecule has 4 nitrogen and oxygen atoms in total. The SMILES string of the molecule is CNC(CCc1nccn1C)c1cc2ccccc2o1. The molecule has 0 fully saturated rings. The molecule has 0 aliphatic rings. The van der Waals surface area contributed by atoms with Gasteiger partial charge in [0.1, 0.15) is 17.2 Å². The maximum Gasteiger partial charge on any atom is 0.134 e. The van der Waals surface area contributed by atoms with Crippen LogP contribution in [-0.2, 0) is 13.5 Å². The molecule has 0 saturated heterocycles. The highest BCUT2D eigenvalue weighted by Crippen LogP contribution is 2.26. The maximum atomic E-state index is 5.93. The average molecular weight is 269 g/mol. The third kappa shape index (κ3) is 2.47. The van der Waals surface area contributed by atoms with Crippen molar-refractivity contribution in [3.63, 3.8) is 0 Å². The van der Waals surface area contributed by atoms with Crippen LogP contribution in [0.3, 0.4) is 0 Å². The Morgan fingerprint density at radius 3 is 2.90 bits per heavy atom. The summed E-state index contributed by atoms with van der Waals surface area (Å²) in [6.45, 7) is 0. The van der Waals surface area contributed by atoms with E-state index in [9.17, 15) is 0 Å². The Labute approximate surface area is 118 Å². The van der Waals surface area contributed by atoms with E-state index in [1.54, 1.807) is 0 Å². The molecule has 0 amide bonds. The van der Waals surface area contributed by atoms with Gasteiger partial charge in [0.25, 0.3) is 0 Å². The van der Waals surface area contributed by atoms with Gasteiger partial charge in [0.05, 0.1) is 6.04 Å². The van der Waals surface area contributed by atoms with E-state index in [2.05, 4.69) is 27.0 Å². The zero-order valence-corrected chi connectivity index (χ0v) is 11.8. The van der Waals surface area contributed by atoms with Crippen molar-refractivity contribution < 1.29 is 4.42 Å². The van der Waals surface area contributed by atoms with E-state index in [0.717, 1.165) is 35.4 Å². The molecule has 1 aromatic carbocycles. The lowest BCUT2D eigenvalue weighted by Crippen LogP contribution is -2.17. The van der Waals surface area contributed by atoms with Crippen molar-refractivity contribution in [3.05, 3.63) is 54.3 Å². The molecule has 1 atom stereocenters. The van der Waals surface area contributed by atoms with Gasteiger partial charge in [0, 0.05) is 31.2 Å². The van der Waals surface area contributed by atoms with Gasteiger partial charge >= 0.3 is 0 Å². The second-order valence-corrected chi connectivity index (χ2v) is 5.02. The zero-order valence-electron chi connectivity index (χ0n) is 11.8. The normalized spacial score (nSPS) is 12.9. The largest absolute Gasteiger partial charge is 0.459 e. The topological polar surface area (TPSA) is 43.0 Å². The van der Waals surface area contributed by atoms with Gasteiger partial charge in [-0.15, -0.1) is 0 Å². The van der Waals surface area contributed by atoms with Crippen molar-refractivity contribution in [2.45, 2.75) is 18.9 Å². The van der Waals surface area contributed by atoms with E-state index < -0.39 is 0 Å². The summed E-state index contributed by atoms with van der Waals surface area (Å²) in [7, 11) is 3.99. The fourth-order valence-electron chi connectivity index (χ4n) is 2.51. The molecule has 3 rings (SSSR count). The summed E-state index contributed by atoms with van der Waals surface area (Å²) in [5, 5.41) is 4.48. The van der Waals surface area contributed by atoms with E-state index in [-0.39, 0.29) is 6.04 Å². The molecule has 2 heterocycles. The Bertz CT molecular complexity index is 665. The van der Waals surface area contributed by atoms with Crippen molar-refractivity contribution in [2.75, 3.05) is 7.05 Å². The zero-order chi connectivity index (χ0) is 13.9. The number of benzene rings is 1. The van der Waals surface area contributed by atoms with Crippen molar-refractivity contribution in [1.29, 1.82) is 0 Å². The first-order chi connectivity index (χ1) is 9.78. The predicted octanol–water partition coefficient (Wildman–Crippen LogP) is 3.06. The maximum absolute atomic E-state index is 5.93. The summed E-state index contributed by atoms with van der Waals surface area (Å²) in [4.78, 5) is 4.36. The van der Waals surface area contributed by atoms with E-state index in [1.165, 1.54) is 0 Å². The first kappa shape index (κ1) is 12.9. The molecule has 0 saturated carbocycles. The number of hydrogen-bond donors (Lipinski definition) is 1. The predicted molar refractivity (Wildman–Crippen MR) is 79.5 cm³/mol. The quantitative estimate of drug-likeness (QED) is 0.774. The minimum atomic E-state index is 0.208. The van der Waals surface area contributed by atoms with Gasteiger partial charge in [0.2, 0.25) is 0 Å². The summed E-state index contributed by atoms with van der Waals surface area (Å²) < 4.78 is 7.99. The number of rotatable bonds is 5. The van der Waals surface area contributed by atoms with E-state index in [1.807, 2.05) is 44.7 Å². The van der Waals surface area contributed by atoms with Crippen molar-refractivity contribution in [2.24, 2.45) is 7.05 Å². The number of aromatic nitrogens is 2. The molecule has 104 valence electrons. The fourth-order valence-corrected chi connectivity index (χ4v) is 2.51. The number of fused-ring (bicyclic) bond motifs is 1. The number of hydrogen-bond acceptors (Lipinski definition) is 3. The summed E-state index contributed by atoms with van der Waals surface area (Å²) in [5.41, 5.74) is 0.944. The van der Waals surface area contributed by atoms with Crippen LogP contribution in [0.1, 0.15) is 24.0 Å². The number of furan rings is 1. The first-order valence-electron chi connectivity index (χ1n) is 6.90. The highest BCUT2D eigenvalue weighted by atomic mass is 16.3. The minimum absolute atomic E-state index is 0.208. The Balaban J connectivity index is 1.77.